The molecule has 1 heterocycles. The van der Waals surface area contributed by atoms with E-state index in [0.717, 1.165) is 36.1 Å². The van der Waals surface area contributed by atoms with Gasteiger partial charge < -0.3 is 14.8 Å². The third-order valence-corrected chi connectivity index (χ3v) is 5.80. The molecule has 0 aliphatic heterocycles. The standard InChI is InChI=1S/C21H23N3O5S/c1-3-29-21(27)17-14-9-5-7-11-16(14)30-20(17)23-18(25)19(26)24-22-12-13-8-4-6-10-15(13)28-2/h4,6,8,10,12H,3,5,7,9,11H2,1-2H3,(H,23,25)(H,24,26)/b22-12-. The van der Waals surface area contributed by atoms with Gasteiger partial charge in [0.25, 0.3) is 0 Å². The van der Waals surface area contributed by atoms with Gasteiger partial charge in [0, 0.05) is 10.4 Å². The second-order valence-corrected chi connectivity index (χ2v) is 7.64. The van der Waals surface area contributed by atoms with Gasteiger partial charge in [0.15, 0.2) is 0 Å². The Morgan fingerprint density at radius 2 is 1.93 bits per heavy atom. The zero-order valence-corrected chi connectivity index (χ0v) is 17.6. The Labute approximate surface area is 178 Å². The highest BCUT2D eigenvalue weighted by Crippen LogP contribution is 2.38. The summed E-state index contributed by atoms with van der Waals surface area (Å²) in [6.45, 7) is 1.96. The van der Waals surface area contributed by atoms with Crippen molar-refractivity contribution in [3.63, 3.8) is 0 Å². The van der Waals surface area contributed by atoms with E-state index in [2.05, 4.69) is 15.8 Å². The van der Waals surface area contributed by atoms with Gasteiger partial charge in [0.05, 0.1) is 25.5 Å². The summed E-state index contributed by atoms with van der Waals surface area (Å²) in [5, 5.41) is 6.70. The van der Waals surface area contributed by atoms with Crippen LogP contribution in [0, 0.1) is 0 Å². The van der Waals surface area contributed by atoms with E-state index in [9.17, 15) is 14.4 Å². The Hall–Kier alpha value is -3.20. The van der Waals surface area contributed by atoms with E-state index < -0.39 is 17.8 Å². The minimum Gasteiger partial charge on any atom is -0.496 e. The monoisotopic (exact) mass is 429 g/mol. The highest BCUT2D eigenvalue weighted by Gasteiger charge is 2.28. The minimum atomic E-state index is -0.942. The molecule has 2 aromatic rings. The maximum Gasteiger partial charge on any atom is 0.341 e. The maximum absolute atomic E-state index is 12.4. The molecule has 9 heteroatoms. The van der Waals surface area contributed by atoms with E-state index in [1.165, 1.54) is 24.7 Å². The third-order valence-electron chi connectivity index (χ3n) is 4.59. The quantitative estimate of drug-likeness (QED) is 0.318. The van der Waals surface area contributed by atoms with Crippen molar-refractivity contribution < 1.29 is 23.9 Å². The average molecular weight is 429 g/mol. The molecule has 0 spiro atoms. The lowest BCUT2D eigenvalue weighted by molar-refractivity contribution is -0.136. The maximum atomic E-state index is 12.4. The van der Waals surface area contributed by atoms with Gasteiger partial charge in [-0.25, -0.2) is 10.2 Å². The van der Waals surface area contributed by atoms with E-state index >= 15 is 0 Å². The van der Waals surface area contributed by atoms with E-state index in [-0.39, 0.29) is 6.61 Å². The fraction of sp³-hybridized carbons (Fsp3) is 0.333. The summed E-state index contributed by atoms with van der Waals surface area (Å²) in [4.78, 5) is 38.0. The van der Waals surface area contributed by atoms with Crippen LogP contribution < -0.4 is 15.5 Å². The number of esters is 1. The van der Waals surface area contributed by atoms with Crippen LogP contribution >= 0.6 is 11.3 Å². The fourth-order valence-corrected chi connectivity index (χ4v) is 4.49. The first-order chi connectivity index (χ1) is 14.5. The van der Waals surface area contributed by atoms with Gasteiger partial charge in [-0.3, -0.25) is 9.59 Å². The van der Waals surface area contributed by atoms with Crippen molar-refractivity contribution in [1.82, 2.24) is 5.43 Å². The van der Waals surface area contributed by atoms with Crippen LogP contribution in [0.1, 0.15) is 46.1 Å². The largest absolute Gasteiger partial charge is 0.496 e. The summed E-state index contributed by atoms with van der Waals surface area (Å²) < 4.78 is 10.4. The molecule has 2 amide bonds. The van der Waals surface area contributed by atoms with Gasteiger partial charge in [0.2, 0.25) is 0 Å². The highest BCUT2D eigenvalue weighted by atomic mass is 32.1. The number of hydrazone groups is 1. The molecule has 0 radical (unpaired) electrons. The zero-order chi connectivity index (χ0) is 21.5. The number of nitrogens with zero attached hydrogens (tertiary/aromatic N) is 1. The summed E-state index contributed by atoms with van der Waals surface area (Å²) in [6.07, 6.45) is 4.99. The number of aryl methyl sites for hydroxylation is 1. The van der Waals surface area contributed by atoms with E-state index in [4.69, 9.17) is 9.47 Å². The molecule has 0 atom stereocenters. The van der Waals surface area contributed by atoms with Crippen LogP contribution in [0.4, 0.5) is 5.00 Å². The fourth-order valence-electron chi connectivity index (χ4n) is 3.22. The number of nitrogens with one attached hydrogen (secondary N) is 2. The molecule has 1 aromatic carbocycles. The average Bonchev–Trinajstić information content (AvgIpc) is 3.12. The summed E-state index contributed by atoms with van der Waals surface area (Å²) in [6, 6.07) is 7.12. The smallest absolute Gasteiger partial charge is 0.341 e. The molecule has 2 N–H and O–H groups in total. The van der Waals surface area contributed by atoms with Crippen LogP contribution in [0.3, 0.4) is 0 Å². The lowest BCUT2D eigenvalue weighted by Crippen LogP contribution is -2.32. The molecule has 0 unspecified atom stereocenters. The van der Waals surface area contributed by atoms with E-state index in [0.29, 0.717) is 21.9 Å². The van der Waals surface area contributed by atoms with Crippen LogP contribution in [0.25, 0.3) is 0 Å². The third kappa shape index (κ3) is 4.85. The van der Waals surface area contributed by atoms with Gasteiger partial charge >= 0.3 is 17.8 Å². The molecular weight excluding hydrogens is 406 g/mol. The van der Waals surface area contributed by atoms with Crippen molar-refractivity contribution in [2.45, 2.75) is 32.6 Å². The number of benzene rings is 1. The second kappa shape index (κ2) is 10.0. The Balaban J connectivity index is 1.71. The summed E-state index contributed by atoms with van der Waals surface area (Å²) in [5.41, 5.74) is 4.11. The first-order valence-corrected chi connectivity index (χ1v) is 10.5. The number of ether oxygens (including phenoxy) is 2. The zero-order valence-electron chi connectivity index (χ0n) is 16.8. The number of amides is 2. The van der Waals surface area contributed by atoms with Crippen LogP contribution in [-0.2, 0) is 27.2 Å². The topological polar surface area (TPSA) is 106 Å². The molecule has 3 rings (SSSR count). The van der Waals surface area contributed by atoms with Gasteiger partial charge in [-0.05, 0) is 50.3 Å². The number of fused-ring (bicyclic) bond motifs is 1. The minimum absolute atomic E-state index is 0.231. The lowest BCUT2D eigenvalue weighted by Gasteiger charge is -2.12. The van der Waals surface area contributed by atoms with Gasteiger partial charge in [-0.15, -0.1) is 11.3 Å². The molecule has 0 bridgehead atoms. The van der Waals surface area contributed by atoms with Crippen molar-refractivity contribution in [1.29, 1.82) is 0 Å². The number of rotatable bonds is 6. The van der Waals surface area contributed by atoms with E-state index in [1.807, 2.05) is 6.07 Å². The Morgan fingerprint density at radius 3 is 2.70 bits per heavy atom. The molecule has 8 nitrogen and oxygen atoms in total. The Bertz CT molecular complexity index is 983. The predicted octanol–water partition coefficient (Wildman–Crippen LogP) is 2.90. The van der Waals surface area contributed by atoms with Crippen LogP contribution in [0.2, 0.25) is 0 Å². The van der Waals surface area contributed by atoms with Crippen molar-refractivity contribution >= 4 is 40.3 Å². The number of anilines is 1. The normalized spacial score (nSPS) is 12.9. The molecule has 0 saturated heterocycles. The predicted molar refractivity (Wildman–Crippen MR) is 114 cm³/mol. The number of methoxy groups -OCH3 is 1. The number of hydrogen-bond acceptors (Lipinski definition) is 7. The molecule has 1 aliphatic carbocycles. The molecule has 1 aliphatic rings. The van der Waals surface area contributed by atoms with Crippen LogP contribution in [0.15, 0.2) is 29.4 Å². The molecule has 158 valence electrons. The highest BCUT2D eigenvalue weighted by molar-refractivity contribution is 7.17. The summed E-state index contributed by atoms with van der Waals surface area (Å²) >= 11 is 1.32. The van der Waals surface area contributed by atoms with Gasteiger partial charge in [-0.2, -0.15) is 5.10 Å². The summed E-state index contributed by atoms with van der Waals surface area (Å²) in [5.74, 6) is -1.75. The second-order valence-electron chi connectivity index (χ2n) is 6.53. The van der Waals surface area contributed by atoms with Crippen molar-refractivity contribution in [2.75, 3.05) is 19.0 Å². The van der Waals surface area contributed by atoms with Gasteiger partial charge in [0.1, 0.15) is 10.8 Å². The molecule has 1 aromatic heterocycles. The first kappa shape index (κ1) is 21.5. The number of carbonyl (C=O) groups excluding carboxylic acids is 3. The van der Waals surface area contributed by atoms with Crippen molar-refractivity contribution in [3.05, 3.63) is 45.8 Å². The number of thiophene rings is 1. The Morgan fingerprint density at radius 1 is 1.17 bits per heavy atom. The SMILES string of the molecule is CCOC(=O)c1c(NC(=O)C(=O)N/N=C\c2ccccc2OC)sc2c1CCCC2. The lowest BCUT2D eigenvalue weighted by atomic mass is 9.95. The molecule has 30 heavy (non-hydrogen) atoms. The van der Waals surface area contributed by atoms with Crippen LogP contribution in [0.5, 0.6) is 5.75 Å². The van der Waals surface area contributed by atoms with Crippen molar-refractivity contribution in [2.24, 2.45) is 5.10 Å². The van der Waals surface area contributed by atoms with Crippen LogP contribution in [-0.4, -0.2) is 37.7 Å². The van der Waals surface area contributed by atoms with Gasteiger partial charge in [-0.1, -0.05) is 12.1 Å². The van der Waals surface area contributed by atoms with E-state index in [1.54, 1.807) is 25.1 Å². The Kier molecular flexibility index (Phi) is 7.18. The van der Waals surface area contributed by atoms with Crippen molar-refractivity contribution in [3.8, 4) is 5.75 Å². The molecule has 0 saturated carbocycles. The molecule has 0 fully saturated rings. The number of carbonyl (C=O) groups is 3. The number of hydrogen-bond donors (Lipinski definition) is 2. The molecular formula is C21H23N3O5S. The summed E-state index contributed by atoms with van der Waals surface area (Å²) in [7, 11) is 1.53. The number of para-hydroxylation sites is 1. The first-order valence-electron chi connectivity index (χ1n) is 9.64.